The van der Waals surface area contributed by atoms with Gasteiger partial charge >= 0.3 is 0 Å². The second kappa shape index (κ2) is 4.86. The summed E-state index contributed by atoms with van der Waals surface area (Å²) in [6, 6.07) is 7.90. The molecule has 1 aromatic carbocycles. The topological polar surface area (TPSA) is 54.6 Å². The lowest BCUT2D eigenvalue weighted by atomic mass is 10.0. The number of aromatic amines is 1. The smallest absolute Gasteiger partial charge is 0.254 e. The molecule has 2 fully saturated rings. The van der Waals surface area contributed by atoms with Crippen molar-refractivity contribution in [2.24, 2.45) is 5.92 Å². The summed E-state index contributed by atoms with van der Waals surface area (Å²) in [6.45, 7) is 1.95. The largest absolute Gasteiger partial charge is 0.379 e. The van der Waals surface area contributed by atoms with Crippen molar-refractivity contribution in [1.29, 1.82) is 0 Å². The Bertz CT molecular complexity index is 681. The second-order valence-corrected chi connectivity index (χ2v) is 5.78. The Kier molecular flexibility index (Phi) is 2.97. The molecule has 1 amide bonds. The van der Waals surface area contributed by atoms with E-state index in [9.17, 15) is 4.79 Å². The number of benzene rings is 1. The fourth-order valence-corrected chi connectivity index (χ4v) is 3.54. The highest BCUT2D eigenvalue weighted by Gasteiger charge is 2.47. The van der Waals surface area contributed by atoms with Crippen molar-refractivity contribution >= 4 is 16.8 Å². The highest BCUT2D eigenvalue weighted by Crippen LogP contribution is 2.33. The van der Waals surface area contributed by atoms with Crippen molar-refractivity contribution in [3.8, 4) is 0 Å². The lowest BCUT2D eigenvalue weighted by molar-refractivity contribution is 0.0479. The minimum absolute atomic E-state index is 0.0677. The maximum atomic E-state index is 12.8. The molecule has 3 atom stereocenters. The van der Waals surface area contributed by atoms with E-state index in [1.165, 1.54) is 0 Å². The van der Waals surface area contributed by atoms with Crippen molar-refractivity contribution in [2.45, 2.75) is 12.1 Å². The van der Waals surface area contributed by atoms with Gasteiger partial charge in [-0.05, 0) is 24.3 Å². The van der Waals surface area contributed by atoms with E-state index in [2.05, 4.69) is 4.98 Å². The maximum Gasteiger partial charge on any atom is 0.254 e. The Balaban J connectivity index is 1.64. The van der Waals surface area contributed by atoms with Crippen LogP contribution in [0.4, 0.5) is 0 Å². The van der Waals surface area contributed by atoms with Gasteiger partial charge < -0.3 is 19.4 Å². The third kappa shape index (κ3) is 1.96. The number of rotatable bonds is 2. The first-order chi connectivity index (χ1) is 10.3. The van der Waals surface area contributed by atoms with Crippen molar-refractivity contribution in [2.75, 3.05) is 26.9 Å². The quantitative estimate of drug-likeness (QED) is 0.913. The molecular weight excluding hydrogens is 268 g/mol. The van der Waals surface area contributed by atoms with Gasteiger partial charge in [-0.3, -0.25) is 4.79 Å². The molecule has 2 saturated heterocycles. The number of ether oxygens (including phenoxy) is 2. The molecule has 2 aromatic rings. The van der Waals surface area contributed by atoms with E-state index in [0.717, 1.165) is 16.5 Å². The fraction of sp³-hybridized carbons (Fsp3) is 0.438. The van der Waals surface area contributed by atoms with Gasteiger partial charge in [0.15, 0.2) is 0 Å². The molecule has 4 rings (SSSR count). The lowest BCUT2D eigenvalue weighted by Crippen LogP contribution is -2.38. The van der Waals surface area contributed by atoms with E-state index in [0.29, 0.717) is 25.7 Å². The third-order valence-electron chi connectivity index (χ3n) is 4.71. The number of carbonyl (C=O) groups excluding carboxylic acids is 1. The number of methoxy groups -OCH3 is 1. The SMILES string of the molecule is CO[C@H]1CN(C(=O)c2ccc3[nH]ccc3c2)[C@@H]2COC[C@H]12. The van der Waals surface area contributed by atoms with Crippen molar-refractivity contribution < 1.29 is 14.3 Å². The van der Waals surface area contributed by atoms with E-state index < -0.39 is 0 Å². The van der Waals surface area contributed by atoms with E-state index >= 15 is 0 Å². The molecule has 1 aromatic heterocycles. The van der Waals surface area contributed by atoms with Crippen LogP contribution in [0.15, 0.2) is 30.5 Å². The van der Waals surface area contributed by atoms with Gasteiger partial charge in [0.2, 0.25) is 0 Å². The van der Waals surface area contributed by atoms with Crippen molar-refractivity contribution in [3.63, 3.8) is 0 Å². The van der Waals surface area contributed by atoms with Crippen LogP contribution in [0.1, 0.15) is 10.4 Å². The maximum absolute atomic E-state index is 12.8. The van der Waals surface area contributed by atoms with Crippen LogP contribution in [-0.4, -0.2) is 54.8 Å². The van der Waals surface area contributed by atoms with Gasteiger partial charge in [0, 0.05) is 42.2 Å². The molecule has 110 valence electrons. The summed E-state index contributed by atoms with van der Waals surface area (Å²) in [6.07, 6.45) is 1.97. The summed E-state index contributed by atoms with van der Waals surface area (Å²) in [7, 11) is 1.71. The standard InChI is InChI=1S/C16H18N2O3/c1-20-15-7-18(14-9-21-8-12(14)15)16(19)11-2-3-13-10(6-11)4-5-17-13/h2-6,12,14-15,17H,7-9H2,1H3/t12-,14+,15-/m0/s1. The minimum Gasteiger partial charge on any atom is -0.379 e. The zero-order chi connectivity index (χ0) is 14.4. The average molecular weight is 286 g/mol. The summed E-state index contributed by atoms with van der Waals surface area (Å²) < 4.78 is 11.1. The third-order valence-corrected chi connectivity index (χ3v) is 4.71. The Hall–Kier alpha value is -1.85. The van der Waals surface area contributed by atoms with Crippen LogP contribution in [-0.2, 0) is 9.47 Å². The first kappa shape index (κ1) is 12.9. The van der Waals surface area contributed by atoms with Gasteiger partial charge in [0.1, 0.15) is 0 Å². The van der Waals surface area contributed by atoms with Crippen LogP contribution < -0.4 is 0 Å². The summed E-state index contributed by atoms with van der Waals surface area (Å²) in [5.74, 6) is 0.369. The molecule has 21 heavy (non-hydrogen) atoms. The normalized spacial score (nSPS) is 28.2. The lowest BCUT2D eigenvalue weighted by Gasteiger charge is -2.22. The van der Waals surface area contributed by atoms with Crippen LogP contribution in [0.5, 0.6) is 0 Å². The van der Waals surface area contributed by atoms with Crippen LogP contribution in [0.2, 0.25) is 0 Å². The molecule has 5 nitrogen and oxygen atoms in total. The molecule has 0 aliphatic carbocycles. The predicted octanol–water partition coefficient (Wildman–Crippen LogP) is 1.65. The van der Waals surface area contributed by atoms with Gasteiger partial charge in [-0.15, -0.1) is 0 Å². The van der Waals surface area contributed by atoms with E-state index in [4.69, 9.17) is 9.47 Å². The summed E-state index contributed by atoms with van der Waals surface area (Å²) in [5.41, 5.74) is 1.77. The Morgan fingerprint density at radius 1 is 1.38 bits per heavy atom. The first-order valence-electron chi connectivity index (χ1n) is 7.26. The molecule has 0 spiro atoms. The van der Waals surface area contributed by atoms with Crippen LogP contribution in [0, 0.1) is 5.92 Å². The molecule has 1 N–H and O–H groups in total. The van der Waals surface area contributed by atoms with E-state index in [1.807, 2.05) is 35.4 Å². The average Bonchev–Trinajstić information content (AvgIpc) is 3.21. The van der Waals surface area contributed by atoms with Crippen molar-refractivity contribution in [3.05, 3.63) is 36.0 Å². The number of carbonyl (C=O) groups is 1. The zero-order valence-electron chi connectivity index (χ0n) is 11.9. The summed E-state index contributed by atoms with van der Waals surface area (Å²) in [4.78, 5) is 17.9. The van der Waals surface area contributed by atoms with Crippen LogP contribution >= 0.6 is 0 Å². The molecule has 2 aliphatic heterocycles. The summed E-state index contributed by atoms with van der Waals surface area (Å²) >= 11 is 0. The molecule has 5 heteroatoms. The molecular formula is C16H18N2O3. The van der Waals surface area contributed by atoms with Gasteiger partial charge in [-0.1, -0.05) is 0 Å². The summed E-state index contributed by atoms with van der Waals surface area (Å²) in [5, 5.41) is 1.06. The Morgan fingerprint density at radius 3 is 3.14 bits per heavy atom. The zero-order valence-corrected chi connectivity index (χ0v) is 11.9. The fourth-order valence-electron chi connectivity index (χ4n) is 3.54. The minimum atomic E-state index is 0.0677. The van der Waals surface area contributed by atoms with Gasteiger partial charge in [-0.25, -0.2) is 0 Å². The molecule has 0 bridgehead atoms. The number of hydrogen-bond acceptors (Lipinski definition) is 3. The Morgan fingerprint density at radius 2 is 2.29 bits per heavy atom. The molecule has 3 heterocycles. The number of aromatic nitrogens is 1. The predicted molar refractivity (Wildman–Crippen MR) is 78.2 cm³/mol. The highest BCUT2D eigenvalue weighted by atomic mass is 16.5. The van der Waals surface area contributed by atoms with E-state index in [-0.39, 0.29) is 18.1 Å². The number of amides is 1. The number of fused-ring (bicyclic) bond motifs is 2. The molecule has 2 aliphatic rings. The van der Waals surface area contributed by atoms with Gasteiger partial charge in [0.25, 0.3) is 5.91 Å². The monoisotopic (exact) mass is 286 g/mol. The number of hydrogen-bond donors (Lipinski definition) is 1. The number of nitrogens with one attached hydrogen (secondary N) is 1. The molecule has 0 radical (unpaired) electrons. The number of likely N-dealkylation sites (tertiary alicyclic amines) is 1. The van der Waals surface area contributed by atoms with Crippen LogP contribution in [0.3, 0.4) is 0 Å². The molecule has 0 saturated carbocycles. The van der Waals surface area contributed by atoms with E-state index in [1.54, 1.807) is 7.11 Å². The van der Waals surface area contributed by atoms with Crippen LogP contribution in [0.25, 0.3) is 10.9 Å². The molecule has 0 unspecified atom stereocenters. The first-order valence-corrected chi connectivity index (χ1v) is 7.26. The van der Waals surface area contributed by atoms with Gasteiger partial charge in [-0.2, -0.15) is 0 Å². The van der Waals surface area contributed by atoms with Gasteiger partial charge in [0.05, 0.1) is 25.4 Å². The Labute approximate surface area is 122 Å². The number of nitrogens with zero attached hydrogens (tertiary/aromatic N) is 1. The van der Waals surface area contributed by atoms with Crippen molar-refractivity contribution in [1.82, 2.24) is 9.88 Å². The highest BCUT2D eigenvalue weighted by molar-refractivity contribution is 5.98. The second-order valence-electron chi connectivity index (χ2n) is 5.78. The number of H-pyrrole nitrogens is 1.